The van der Waals surface area contributed by atoms with Crippen molar-refractivity contribution in [2.75, 3.05) is 13.1 Å². The van der Waals surface area contributed by atoms with Crippen molar-refractivity contribution in [3.05, 3.63) is 35.4 Å². The predicted octanol–water partition coefficient (Wildman–Crippen LogP) is 2.47. The van der Waals surface area contributed by atoms with Crippen LogP contribution in [0, 0.1) is 5.41 Å². The van der Waals surface area contributed by atoms with Crippen LogP contribution in [0.2, 0.25) is 0 Å². The van der Waals surface area contributed by atoms with Crippen molar-refractivity contribution in [2.45, 2.75) is 39.5 Å². The summed E-state index contributed by atoms with van der Waals surface area (Å²) in [5, 5.41) is 1.71. The first-order valence-electron chi connectivity index (χ1n) is 7.65. The normalized spacial score (nSPS) is 19.7. The third kappa shape index (κ3) is 3.85. The quantitative estimate of drug-likeness (QED) is 0.931. The predicted molar refractivity (Wildman–Crippen MR) is 84.1 cm³/mol. The number of amides is 1. The number of carbonyl (C=O) groups is 2. The number of hydroxylamine groups is 2. The number of carbonyl (C=O) groups excluding carboxylic acids is 2. The van der Waals surface area contributed by atoms with E-state index < -0.39 is 11.3 Å². The monoisotopic (exact) mass is 304 g/mol. The zero-order chi connectivity index (χ0) is 16.3. The minimum Gasteiger partial charge on any atom is -0.367 e. The van der Waals surface area contributed by atoms with Gasteiger partial charge in [-0.05, 0) is 45.2 Å². The molecule has 1 aliphatic heterocycles. The molecule has 1 fully saturated rings. The van der Waals surface area contributed by atoms with Gasteiger partial charge in [-0.25, -0.2) is 4.79 Å². The van der Waals surface area contributed by atoms with Gasteiger partial charge in [-0.1, -0.05) is 18.2 Å². The molecule has 0 spiro atoms. The summed E-state index contributed by atoms with van der Waals surface area (Å²) in [6.45, 7) is 6.81. The first kappa shape index (κ1) is 16.5. The molecule has 1 saturated heterocycles. The van der Waals surface area contributed by atoms with Crippen LogP contribution >= 0.6 is 0 Å². The van der Waals surface area contributed by atoms with Crippen molar-refractivity contribution >= 4 is 11.9 Å². The van der Waals surface area contributed by atoms with Crippen molar-refractivity contribution in [1.29, 1.82) is 0 Å². The fourth-order valence-electron chi connectivity index (χ4n) is 2.61. The Morgan fingerprint density at radius 2 is 1.95 bits per heavy atom. The highest BCUT2D eigenvalue weighted by Gasteiger charge is 2.30. The molecule has 1 aliphatic rings. The molecule has 1 atom stereocenters. The lowest BCUT2D eigenvalue weighted by Crippen LogP contribution is -2.39. The van der Waals surface area contributed by atoms with Crippen LogP contribution in [-0.4, -0.2) is 30.0 Å². The van der Waals surface area contributed by atoms with Gasteiger partial charge in [0.05, 0.1) is 5.41 Å². The van der Waals surface area contributed by atoms with Crippen molar-refractivity contribution in [1.82, 2.24) is 5.06 Å². The van der Waals surface area contributed by atoms with E-state index in [4.69, 9.17) is 10.6 Å². The van der Waals surface area contributed by atoms with Crippen molar-refractivity contribution in [2.24, 2.45) is 11.1 Å². The second-order valence-corrected chi connectivity index (χ2v) is 6.81. The Balaban J connectivity index is 2.11. The summed E-state index contributed by atoms with van der Waals surface area (Å²) in [5.41, 5.74) is 6.42. The molecule has 1 aromatic rings. The highest BCUT2D eigenvalue weighted by Crippen LogP contribution is 2.30. The Morgan fingerprint density at radius 1 is 1.27 bits per heavy atom. The number of primary amides is 1. The maximum atomic E-state index is 12.0. The fraction of sp³-hybridized carbons (Fsp3) is 0.529. The first-order chi connectivity index (χ1) is 10.3. The van der Waals surface area contributed by atoms with Gasteiger partial charge >= 0.3 is 5.97 Å². The average Bonchev–Trinajstić information content (AvgIpc) is 2.46. The number of nitrogens with zero attached hydrogens (tertiary/aromatic N) is 1. The molecule has 5 nitrogen and oxygen atoms in total. The third-order valence-corrected chi connectivity index (χ3v) is 3.87. The van der Waals surface area contributed by atoms with Gasteiger partial charge in [0.2, 0.25) is 5.91 Å². The summed E-state index contributed by atoms with van der Waals surface area (Å²) in [7, 11) is 0. The Labute approximate surface area is 131 Å². The van der Waals surface area contributed by atoms with Gasteiger partial charge < -0.3 is 10.6 Å². The van der Waals surface area contributed by atoms with Crippen LogP contribution in [0.5, 0.6) is 0 Å². The standard InChI is InChI=1S/C17H24N2O3/c1-17(2,3)16(21)22-19-10-6-7-12(11-19)13-8-4-5-9-14(13)15(18)20/h4-5,8-9,12H,6-7,10-11H2,1-3H3,(H2,18,20). The number of rotatable bonds is 3. The van der Waals surface area contributed by atoms with Gasteiger partial charge in [0, 0.05) is 24.6 Å². The van der Waals surface area contributed by atoms with Gasteiger partial charge in [-0.3, -0.25) is 4.79 Å². The van der Waals surface area contributed by atoms with E-state index in [-0.39, 0.29) is 11.9 Å². The molecule has 120 valence electrons. The van der Waals surface area contributed by atoms with Crippen LogP contribution < -0.4 is 5.73 Å². The topological polar surface area (TPSA) is 72.6 Å². The minimum absolute atomic E-state index is 0.144. The van der Waals surface area contributed by atoms with E-state index in [1.54, 1.807) is 11.1 Å². The van der Waals surface area contributed by atoms with Crippen LogP contribution in [0.1, 0.15) is 55.5 Å². The Hall–Kier alpha value is -1.88. The lowest BCUT2D eigenvalue weighted by molar-refractivity contribution is -0.205. The van der Waals surface area contributed by atoms with Crippen molar-refractivity contribution in [3.8, 4) is 0 Å². The van der Waals surface area contributed by atoms with Crippen LogP contribution in [0.25, 0.3) is 0 Å². The molecule has 5 heteroatoms. The molecule has 1 heterocycles. The van der Waals surface area contributed by atoms with Crippen LogP contribution in [0.3, 0.4) is 0 Å². The second-order valence-electron chi connectivity index (χ2n) is 6.81. The SMILES string of the molecule is CC(C)(C)C(=O)ON1CCCC(c2ccccc2C(N)=O)C1. The molecule has 22 heavy (non-hydrogen) atoms. The number of piperidine rings is 1. The molecule has 1 amide bonds. The van der Waals surface area contributed by atoms with E-state index in [1.807, 2.05) is 39.0 Å². The van der Waals surface area contributed by atoms with E-state index in [2.05, 4.69) is 0 Å². The van der Waals surface area contributed by atoms with Gasteiger partial charge in [-0.15, -0.1) is 5.06 Å². The third-order valence-electron chi connectivity index (χ3n) is 3.87. The second kappa shape index (κ2) is 6.48. The van der Waals surface area contributed by atoms with Crippen molar-refractivity contribution in [3.63, 3.8) is 0 Å². The summed E-state index contributed by atoms with van der Waals surface area (Å²) in [5.74, 6) is -0.513. The van der Waals surface area contributed by atoms with Crippen LogP contribution in [0.15, 0.2) is 24.3 Å². The highest BCUT2D eigenvalue weighted by molar-refractivity contribution is 5.94. The minimum atomic E-state index is -0.530. The lowest BCUT2D eigenvalue weighted by atomic mass is 9.88. The molecule has 0 bridgehead atoms. The molecule has 2 N–H and O–H groups in total. The smallest absolute Gasteiger partial charge is 0.330 e. The number of nitrogens with two attached hydrogens (primary N) is 1. The Kier molecular flexibility index (Phi) is 4.86. The molecular weight excluding hydrogens is 280 g/mol. The Morgan fingerprint density at radius 3 is 2.59 bits per heavy atom. The van der Waals surface area contributed by atoms with Crippen molar-refractivity contribution < 1.29 is 14.4 Å². The molecule has 1 aromatic carbocycles. The zero-order valence-corrected chi connectivity index (χ0v) is 13.5. The maximum Gasteiger partial charge on any atom is 0.330 e. The summed E-state index contributed by atoms with van der Waals surface area (Å²) in [4.78, 5) is 29.1. The zero-order valence-electron chi connectivity index (χ0n) is 13.5. The number of hydrogen-bond donors (Lipinski definition) is 1. The molecule has 0 aromatic heterocycles. The van der Waals surface area contributed by atoms with Gasteiger partial charge in [0.15, 0.2) is 0 Å². The largest absolute Gasteiger partial charge is 0.367 e. The summed E-state index contributed by atoms with van der Waals surface area (Å²) in [6.07, 6.45) is 1.86. The summed E-state index contributed by atoms with van der Waals surface area (Å²) < 4.78 is 0. The maximum absolute atomic E-state index is 12.0. The first-order valence-corrected chi connectivity index (χ1v) is 7.65. The highest BCUT2D eigenvalue weighted by atomic mass is 16.7. The average molecular weight is 304 g/mol. The van der Waals surface area contributed by atoms with Gasteiger partial charge in [-0.2, -0.15) is 0 Å². The van der Waals surface area contributed by atoms with E-state index >= 15 is 0 Å². The fourth-order valence-corrected chi connectivity index (χ4v) is 2.61. The van der Waals surface area contributed by atoms with E-state index in [0.29, 0.717) is 12.1 Å². The molecule has 0 saturated carbocycles. The summed E-state index contributed by atoms with van der Waals surface area (Å²) in [6, 6.07) is 7.39. The molecule has 0 radical (unpaired) electrons. The van der Waals surface area contributed by atoms with E-state index in [0.717, 1.165) is 24.9 Å². The van der Waals surface area contributed by atoms with Crippen LogP contribution in [-0.2, 0) is 9.63 Å². The number of hydrogen-bond acceptors (Lipinski definition) is 4. The molecule has 0 aliphatic carbocycles. The van der Waals surface area contributed by atoms with Crippen LogP contribution in [0.4, 0.5) is 0 Å². The van der Waals surface area contributed by atoms with Gasteiger partial charge in [0.1, 0.15) is 0 Å². The van der Waals surface area contributed by atoms with E-state index in [1.165, 1.54) is 0 Å². The van der Waals surface area contributed by atoms with Gasteiger partial charge in [0.25, 0.3) is 0 Å². The molecule has 1 unspecified atom stereocenters. The number of benzene rings is 1. The molecular formula is C17H24N2O3. The lowest BCUT2D eigenvalue weighted by Gasteiger charge is -2.33. The Bertz CT molecular complexity index is 563. The van der Waals surface area contributed by atoms with E-state index in [9.17, 15) is 9.59 Å². The summed E-state index contributed by atoms with van der Waals surface area (Å²) >= 11 is 0. The molecule has 2 rings (SSSR count).